The van der Waals surface area contributed by atoms with Crippen LogP contribution in [0, 0.1) is 5.82 Å². The lowest BCUT2D eigenvalue weighted by molar-refractivity contribution is -0.116. The molecule has 0 atom stereocenters. The summed E-state index contributed by atoms with van der Waals surface area (Å²) in [4.78, 5) is 11.9. The van der Waals surface area contributed by atoms with E-state index in [0.29, 0.717) is 12.1 Å². The molecule has 0 aliphatic rings. The van der Waals surface area contributed by atoms with Gasteiger partial charge in [0.1, 0.15) is 11.6 Å². The number of rotatable bonds is 5. The summed E-state index contributed by atoms with van der Waals surface area (Å²) < 4.78 is 18.2. The first-order valence-electron chi connectivity index (χ1n) is 6.47. The first-order chi connectivity index (χ1) is 10.1. The van der Waals surface area contributed by atoms with Crippen molar-refractivity contribution >= 4 is 23.2 Å². The number of halogens is 2. The van der Waals surface area contributed by atoms with E-state index >= 15 is 0 Å². The predicted molar refractivity (Wildman–Crippen MR) is 81.4 cm³/mol. The van der Waals surface area contributed by atoms with E-state index in [1.54, 1.807) is 7.11 Å². The summed E-state index contributed by atoms with van der Waals surface area (Å²) >= 11 is 5.86. The minimum absolute atomic E-state index is 0.181. The fourth-order valence-corrected chi connectivity index (χ4v) is 2.18. The Morgan fingerprint density at radius 1 is 1.29 bits per heavy atom. The number of benzene rings is 2. The van der Waals surface area contributed by atoms with Gasteiger partial charge >= 0.3 is 0 Å². The molecule has 1 N–H and O–H groups in total. The number of ether oxygens (including phenoxy) is 1. The molecule has 3 nitrogen and oxygen atoms in total. The van der Waals surface area contributed by atoms with Gasteiger partial charge in [0.15, 0.2) is 0 Å². The first-order valence-corrected chi connectivity index (χ1v) is 6.84. The van der Waals surface area contributed by atoms with Crippen molar-refractivity contribution in [2.45, 2.75) is 12.8 Å². The van der Waals surface area contributed by atoms with Crippen LogP contribution in [0.15, 0.2) is 42.5 Å². The molecule has 0 aliphatic carbocycles. The Hall–Kier alpha value is -2.07. The Balaban J connectivity index is 1.96. The number of carbonyl (C=O) groups is 1. The van der Waals surface area contributed by atoms with Gasteiger partial charge in [0.05, 0.1) is 17.8 Å². The van der Waals surface area contributed by atoms with E-state index in [9.17, 15) is 9.18 Å². The monoisotopic (exact) mass is 307 g/mol. The second-order valence-electron chi connectivity index (χ2n) is 4.48. The lowest BCUT2D eigenvalue weighted by atomic mass is 10.1. The summed E-state index contributed by atoms with van der Waals surface area (Å²) in [7, 11) is 1.59. The summed E-state index contributed by atoms with van der Waals surface area (Å²) in [5, 5.41) is 2.85. The van der Waals surface area contributed by atoms with Crippen LogP contribution in [0.5, 0.6) is 5.75 Å². The van der Waals surface area contributed by atoms with Crippen molar-refractivity contribution in [3.05, 3.63) is 58.9 Å². The van der Waals surface area contributed by atoms with Crippen LogP contribution in [0.25, 0.3) is 0 Å². The molecular formula is C16H15ClFNO2. The molecule has 2 aromatic carbocycles. The molecule has 0 aromatic heterocycles. The quantitative estimate of drug-likeness (QED) is 0.904. The van der Waals surface area contributed by atoms with Crippen LogP contribution >= 0.6 is 11.6 Å². The van der Waals surface area contributed by atoms with Crippen LogP contribution in [-0.4, -0.2) is 13.0 Å². The van der Waals surface area contributed by atoms with Gasteiger partial charge < -0.3 is 10.1 Å². The van der Waals surface area contributed by atoms with E-state index in [4.69, 9.17) is 16.3 Å². The van der Waals surface area contributed by atoms with E-state index in [-0.39, 0.29) is 17.4 Å². The number of nitrogens with one attached hydrogen (secondary N) is 1. The normalized spacial score (nSPS) is 10.2. The zero-order valence-electron chi connectivity index (χ0n) is 11.5. The molecule has 0 saturated carbocycles. The minimum Gasteiger partial charge on any atom is -0.496 e. The molecule has 110 valence electrons. The number of hydrogen-bond donors (Lipinski definition) is 1. The molecule has 2 rings (SSSR count). The zero-order valence-corrected chi connectivity index (χ0v) is 12.3. The minimum atomic E-state index is -0.438. The van der Waals surface area contributed by atoms with Crippen LogP contribution in [-0.2, 0) is 11.2 Å². The summed E-state index contributed by atoms with van der Waals surface area (Å²) in [6.45, 7) is 0. The summed E-state index contributed by atoms with van der Waals surface area (Å²) in [6, 6.07) is 11.4. The Morgan fingerprint density at radius 2 is 2.05 bits per heavy atom. The maximum Gasteiger partial charge on any atom is 0.224 e. The fourth-order valence-electron chi connectivity index (χ4n) is 1.96. The number of amides is 1. The largest absolute Gasteiger partial charge is 0.496 e. The lowest BCUT2D eigenvalue weighted by Gasteiger charge is -2.09. The topological polar surface area (TPSA) is 38.3 Å². The molecule has 0 bridgehead atoms. The van der Waals surface area contributed by atoms with Gasteiger partial charge in [-0.1, -0.05) is 29.8 Å². The zero-order chi connectivity index (χ0) is 15.2. The smallest absolute Gasteiger partial charge is 0.224 e. The molecule has 0 aliphatic heterocycles. The van der Waals surface area contributed by atoms with Crippen molar-refractivity contribution in [2.75, 3.05) is 12.4 Å². The first kappa shape index (κ1) is 15.3. The third-order valence-corrected chi connectivity index (χ3v) is 3.33. The number of hydrogen-bond acceptors (Lipinski definition) is 2. The van der Waals surface area contributed by atoms with Gasteiger partial charge in [0, 0.05) is 6.42 Å². The van der Waals surface area contributed by atoms with Gasteiger partial charge in [-0.05, 0) is 36.2 Å². The molecule has 0 fully saturated rings. The van der Waals surface area contributed by atoms with Gasteiger partial charge in [-0.15, -0.1) is 0 Å². The van der Waals surface area contributed by atoms with Gasteiger partial charge in [0.25, 0.3) is 0 Å². The molecule has 0 unspecified atom stereocenters. The van der Waals surface area contributed by atoms with E-state index in [0.717, 1.165) is 17.4 Å². The van der Waals surface area contributed by atoms with Crippen LogP contribution in [0.2, 0.25) is 5.02 Å². The molecule has 1 amide bonds. The average molecular weight is 308 g/mol. The van der Waals surface area contributed by atoms with Crippen molar-refractivity contribution < 1.29 is 13.9 Å². The molecule has 0 radical (unpaired) electrons. The Labute approximate surface area is 127 Å². The number of carbonyl (C=O) groups excluding carboxylic acids is 1. The Kier molecular flexibility index (Phi) is 5.17. The van der Waals surface area contributed by atoms with Crippen LogP contribution in [0.4, 0.5) is 10.1 Å². The van der Waals surface area contributed by atoms with Gasteiger partial charge in [-0.3, -0.25) is 4.79 Å². The van der Waals surface area contributed by atoms with E-state index in [1.165, 1.54) is 12.1 Å². The van der Waals surface area contributed by atoms with Crippen molar-refractivity contribution in [1.82, 2.24) is 0 Å². The molecule has 0 saturated heterocycles. The summed E-state index contributed by atoms with van der Waals surface area (Å²) in [6.07, 6.45) is 0.836. The van der Waals surface area contributed by atoms with Crippen LogP contribution in [0.1, 0.15) is 12.0 Å². The summed E-state index contributed by atoms with van der Waals surface area (Å²) in [5.41, 5.74) is 1.36. The second-order valence-corrected chi connectivity index (χ2v) is 4.89. The Morgan fingerprint density at radius 3 is 2.76 bits per heavy atom. The lowest BCUT2D eigenvalue weighted by Crippen LogP contribution is -2.13. The van der Waals surface area contributed by atoms with Crippen molar-refractivity contribution in [3.8, 4) is 5.75 Å². The average Bonchev–Trinajstić information content (AvgIpc) is 2.48. The number of para-hydroxylation sites is 1. The highest BCUT2D eigenvalue weighted by Gasteiger charge is 2.09. The second kappa shape index (κ2) is 7.09. The molecule has 5 heteroatoms. The molecule has 0 spiro atoms. The van der Waals surface area contributed by atoms with E-state index < -0.39 is 5.82 Å². The van der Waals surface area contributed by atoms with Crippen molar-refractivity contribution in [2.24, 2.45) is 0 Å². The number of aryl methyl sites for hydroxylation is 1. The van der Waals surface area contributed by atoms with Crippen LogP contribution < -0.4 is 10.1 Å². The SMILES string of the molecule is COc1ccccc1CCC(=O)Nc1ccc(F)cc1Cl. The van der Waals surface area contributed by atoms with Gasteiger partial charge in [0.2, 0.25) is 5.91 Å². The van der Waals surface area contributed by atoms with E-state index in [1.807, 2.05) is 24.3 Å². The molecule has 2 aromatic rings. The van der Waals surface area contributed by atoms with Crippen molar-refractivity contribution in [3.63, 3.8) is 0 Å². The highest BCUT2D eigenvalue weighted by atomic mass is 35.5. The standard InChI is InChI=1S/C16H15ClFNO2/c1-21-15-5-3-2-4-11(15)6-9-16(20)19-14-8-7-12(18)10-13(14)17/h2-5,7-8,10H,6,9H2,1H3,(H,19,20). The maximum absolute atomic E-state index is 12.9. The van der Waals surface area contributed by atoms with E-state index in [2.05, 4.69) is 5.32 Å². The third kappa shape index (κ3) is 4.20. The van der Waals surface area contributed by atoms with Gasteiger partial charge in [-0.2, -0.15) is 0 Å². The third-order valence-electron chi connectivity index (χ3n) is 3.02. The molecule has 0 heterocycles. The van der Waals surface area contributed by atoms with Crippen molar-refractivity contribution in [1.29, 1.82) is 0 Å². The van der Waals surface area contributed by atoms with Gasteiger partial charge in [-0.25, -0.2) is 4.39 Å². The predicted octanol–water partition coefficient (Wildman–Crippen LogP) is 4.06. The fraction of sp³-hybridized carbons (Fsp3) is 0.188. The number of methoxy groups -OCH3 is 1. The maximum atomic E-state index is 12.9. The molecular weight excluding hydrogens is 293 g/mol. The highest BCUT2D eigenvalue weighted by Crippen LogP contribution is 2.23. The summed E-state index contributed by atoms with van der Waals surface area (Å²) in [5.74, 6) is 0.131. The number of anilines is 1. The molecule has 21 heavy (non-hydrogen) atoms. The highest BCUT2D eigenvalue weighted by molar-refractivity contribution is 6.33. The van der Waals surface area contributed by atoms with Crippen LogP contribution in [0.3, 0.4) is 0 Å². The Bertz CT molecular complexity index is 646.